The summed E-state index contributed by atoms with van der Waals surface area (Å²) in [5, 5.41) is 0. The largest absolute Gasteiger partial charge is 2.00 e. The summed E-state index contributed by atoms with van der Waals surface area (Å²) in [4.78, 5) is 15.7. The smallest absolute Gasteiger partial charge is 1.00 e. The van der Waals surface area contributed by atoms with Crippen LogP contribution in [0.3, 0.4) is 0 Å². The number of unbranched alkanes of at least 4 members (excludes halogenated alkanes) is 4. The van der Waals surface area contributed by atoms with Crippen LogP contribution < -0.4 is 24.8 Å². The number of halogens is 2. The third-order valence-corrected chi connectivity index (χ3v) is 8.07. The predicted molar refractivity (Wildman–Crippen MR) is 185 cm³/mol. The molecule has 0 atom stereocenters. The van der Waals surface area contributed by atoms with E-state index in [0.717, 1.165) is 48.5 Å². The minimum absolute atomic E-state index is 0. The van der Waals surface area contributed by atoms with Crippen molar-refractivity contribution in [3.63, 3.8) is 0 Å². The minimum Gasteiger partial charge on any atom is -1.00 e. The summed E-state index contributed by atoms with van der Waals surface area (Å²) in [6, 6.07) is 15.6. The van der Waals surface area contributed by atoms with Crippen LogP contribution in [0.15, 0.2) is 52.4 Å². The summed E-state index contributed by atoms with van der Waals surface area (Å²) in [7, 11) is 0. The molecular weight excluding hydrogens is 640 g/mol. The van der Waals surface area contributed by atoms with E-state index in [-0.39, 0.29) is 41.6 Å². The molecule has 0 saturated carbocycles. The maximum Gasteiger partial charge on any atom is 2.00 e. The third-order valence-electron chi connectivity index (χ3n) is 8.07. The van der Waals surface area contributed by atoms with Crippen molar-refractivity contribution in [2.45, 2.75) is 132 Å². The first-order valence-corrected chi connectivity index (χ1v) is 16.6. The maximum atomic E-state index is 5.28. The SMILES string of the molecule is CCCCc1cc(C)cc(CCCC)c1N=C(C)c1cccc(C(C)=Nc2c(CCCC)cc(C)cc2CCCC)n1.[Cl-].[Cl-].[Co+2]. The van der Waals surface area contributed by atoms with E-state index >= 15 is 0 Å². The Labute approximate surface area is 297 Å². The number of aliphatic imine (C=N–C) groups is 2. The van der Waals surface area contributed by atoms with Crippen LogP contribution in [0.1, 0.15) is 138 Å². The number of pyridine rings is 1. The first kappa shape index (κ1) is 43.0. The molecule has 0 bridgehead atoms. The first-order valence-electron chi connectivity index (χ1n) is 16.6. The van der Waals surface area contributed by atoms with Crippen molar-refractivity contribution in [2.24, 2.45) is 9.98 Å². The predicted octanol–water partition coefficient (Wildman–Crippen LogP) is 5.36. The molecule has 45 heavy (non-hydrogen) atoms. The van der Waals surface area contributed by atoms with Gasteiger partial charge in [-0.05, 0) is 113 Å². The second-order valence-corrected chi connectivity index (χ2v) is 12.1. The average Bonchev–Trinajstić information content (AvgIpc) is 2.98. The van der Waals surface area contributed by atoms with Gasteiger partial charge in [0.25, 0.3) is 0 Å². The Morgan fingerprint density at radius 3 is 1.11 bits per heavy atom. The second kappa shape index (κ2) is 22.5. The molecule has 1 heterocycles. The van der Waals surface area contributed by atoms with Gasteiger partial charge in [-0.1, -0.05) is 94.8 Å². The van der Waals surface area contributed by atoms with Crippen molar-refractivity contribution >= 4 is 22.8 Å². The van der Waals surface area contributed by atoms with Gasteiger partial charge in [-0.2, -0.15) is 0 Å². The first-order chi connectivity index (χ1) is 20.3. The summed E-state index contributed by atoms with van der Waals surface area (Å²) in [5.41, 5.74) is 14.3. The summed E-state index contributed by atoms with van der Waals surface area (Å²) in [6.45, 7) is 17.7. The standard InChI is InChI=1S/C39H55N3.2ClH.Co/c1-9-13-18-32-24-28(5)25-33(19-14-10-2)38(32)40-30(7)36-22-17-23-37(42-36)31(8)41-39-34(20-15-11-3)26-29(6)27-35(39)21-16-12-4;;;/h17,22-27H,9-16,18-21H2,1-8H3;2*1H;/q;;;+2/p-2. The normalized spacial score (nSPS) is 11.5. The molecule has 1 aromatic heterocycles. The zero-order valence-corrected chi connectivity index (χ0v) is 31.5. The summed E-state index contributed by atoms with van der Waals surface area (Å²) < 4.78 is 0. The van der Waals surface area contributed by atoms with Gasteiger partial charge in [0.1, 0.15) is 0 Å². The molecule has 0 unspecified atom stereocenters. The molecule has 3 aromatic rings. The zero-order valence-electron chi connectivity index (χ0n) is 29.0. The molecule has 0 saturated heterocycles. The molecular formula is C39H55Cl2CoN3. The fourth-order valence-corrected chi connectivity index (χ4v) is 5.67. The van der Waals surface area contributed by atoms with Crippen molar-refractivity contribution in [3.8, 4) is 0 Å². The van der Waals surface area contributed by atoms with Gasteiger partial charge in [-0.3, -0.25) is 9.98 Å². The number of benzene rings is 2. The van der Waals surface area contributed by atoms with Gasteiger partial charge in [0.2, 0.25) is 0 Å². The Balaban J connectivity index is 0.00000645. The van der Waals surface area contributed by atoms with Gasteiger partial charge in [-0.15, -0.1) is 0 Å². The third kappa shape index (κ3) is 13.0. The van der Waals surface area contributed by atoms with E-state index in [9.17, 15) is 0 Å². The van der Waals surface area contributed by atoms with E-state index in [1.807, 2.05) is 0 Å². The molecule has 249 valence electrons. The van der Waals surface area contributed by atoms with Crippen molar-refractivity contribution in [1.29, 1.82) is 0 Å². The molecule has 0 aliphatic carbocycles. The average molecular weight is 696 g/mol. The van der Waals surface area contributed by atoms with Crippen molar-refractivity contribution in [3.05, 3.63) is 87.2 Å². The van der Waals surface area contributed by atoms with Crippen LogP contribution in [0.4, 0.5) is 11.4 Å². The van der Waals surface area contributed by atoms with Gasteiger partial charge in [-0.25, -0.2) is 4.98 Å². The molecule has 2 aromatic carbocycles. The van der Waals surface area contributed by atoms with E-state index in [4.69, 9.17) is 15.0 Å². The summed E-state index contributed by atoms with van der Waals surface area (Å²) in [5.74, 6) is 0. The van der Waals surface area contributed by atoms with Crippen molar-refractivity contribution in [2.75, 3.05) is 0 Å². The number of nitrogens with zero attached hydrogens (tertiary/aromatic N) is 3. The molecule has 0 spiro atoms. The quantitative estimate of drug-likeness (QED) is 0.186. The summed E-state index contributed by atoms with van der Waals surface area (Å²) >= 11 is 0. The van der Waals surface area contributed by atoms with Gasteiger partial charge >= 0.3 is 16.8 Å². The van der Waals surface area contributed by atoms with Crippen molar-refractivity contribution < 1.29 is 41.6 Å². The number of rotatable bonds is 16. The van der Waals surface area contributed by atoms with Crippen LogP contribution in [-0.2, 0) is 42.5 Å². The van der Waals surface area contributed by atoms with E-state index in [2.05, 4.69) is 97.9 Å². The molecule has 1 radical (unpaired) electrons. The van der Waals surface area contributed by atoms with Crippen molar-refractivity contribution in [1.82, 2.24) is 4.98 Å². The molecule has 0 N–H and O–H groups in total. The number of aromatic nitrogens is 1. The van der Waals surface area contributed by atoms with Crippen LogP contribution in [0.2, 0.25) is 0 Å². The minimum atomic E-state index is 0. The van der Waals surface area contributed by atoms with Crippen LogP contribution in [0, 0.1) is 13.8 Å². The monoisotopic (exact) mass is 694 g/mol. The fraction of sp³-hybridized carbons (Fsp3) is 0.513. The maximum absolute atomic E-state index is 5.28. The van der Waals surface area contributed by atoms with E-state index in [1.54, 1.807) is 0 Å². The van der Waals surface area contributed by atoms with Crippen LogP contribution in [0.5, 0.6) is 0 Å². The van der Waals surface area contributed by atoms with Gasteiger partial charge < -0.3 is 24.8 Å². The Morgan fingerprint density at radius 1 is 0.556 bits per heavy atom. The van der Waals surface area contributed by atoms with Crippen LogP contribution >= 0.6 is 0 Å². The van der Waals surface area contributed by atoms with Crippen LogP contribution in [-0.4, -0.2) is 16.4 Å². The Hall–Kier alpha value is -1.98. The van der Waals surface area contributed by atoms with Crippen LogP contribution in [0.25, 0.3) is 0 Å². The summed E-state index contributed by atoms with van der Waals surface area (Å²) in [6.07, 6.45) is 13.7. The molecule has 0 fully saturated rings. The Morgan fingerprint density at radius 2 is 0.844 bits per heavy atom. The Bertz CT molecular complexity index is 1220. The zero-order chi connectivity index (χ0) is 30.5. The van der Waals surface area contributed by atoms with Gasteiger partial charge in [0.15, 0.2) is 0 Å². The van der Waals surface area contributed by atoms with E-state index < -0.39 is 0 Å². The number of hydrogen-bond acceptors (Lipinski definition) is 3. The second-order valence-electron chi connectivity index (χ2n) is 12.1. The fourth-order valence-electron chi connectivity index (χ4n) is 5.67. The number of hydrogen-bond donors (Lipinski definition) is 0. The molecule has 3 nitrogen and oxygen atoms in total. The van der Waals surface area contributed by atoms with E-state index in [1.165, 1.54) is 96.1 Å². The topological polar surface area (TPSA) is 37.6 Å². The van der Waals surface area contributed by atoms with Gasteiger partial charge in [0.05, 0.1) is 34.2 Å². The molecule has 0 aliphatic heterocycles. The molecule has 6 heteroatoms. The Kier molecular flexibility index (Phi) is 21.5. The molecule has 0 aliphatic rings. The van der Waals surface area contributed by atoms with E-state index in [0.29, 0.717) is 0 Å². The molecule has 3 rings (SSSR count). The number of aryl methyl sites for hydroxylation is 6. The van der Waals surface area contributed by atoms with Gasteiger partial charge in [0, 0.05) is 0 Å². The molecule has 0 amide bonds.